The molecule has 0 aliphatic carbocycles. The Labute approximate surface area is 247 Å². The smallest absolute Gasteiger partial charge is 0.417 e. The Kier molecular flexibility index (Phi) is 7.05. The largest absolute Gasteiger partial charge is 1.00 e. The summed E-state index contributed by atoms with van der Waals surface area (Å²) in [5.41, 5.74) is 5.99. The number of para-hydroxylation sites is 4. The lowest BCUT2D eigenvalue weighted by Crippen LogP contribution is -3.00. The number of benzene rings is 5. The van der Waals surface area contributed by atoms with E-state index in [1.807, 2.05) is 60.7 Å². The number of halogens is 4. The standard InChI is InChI=1S/C36H24F3N2.ClH/c37-36(38,39)26-21-19-25(20-22-26)35(31-23-40(27-11-3-1-4-12-27)33-17-9-7-15-29(31)33)32-24-41(28-13-5-2-6-14-28)34-18-10-8-16-30(32)34;/h1-24H;1H/q+1;/p-1. The Balaban J connectivity index is 0.00000316. The third-order valence-electron chi connectivity index (χ3n) is 7.53. The van der Waals surface area contributed by atoms with E-state index in [4.69, 9.17) is 0 Å². The number of nitrogens with zero attached hydrogens (tertiary/aromatic N) is 2. The van der Waals surface area contributed by atoms with E-state index in [2.05, 4.69) is 70.1 Å². The Bertz CT molecular complexity index is 1850. The van der Waals surface area contributed by atoms with Gasteiger partial charge in [-0.1, -0.05) is 60.7 Å². The van der Waals surface area contributed by atoms with Gasteiger partial charge in [-0.05, 0) is 72.8 Å². The fraction of sp³-hybridized carbons (Fsp3) is 0.0278. The minimum Gasteiger partial charge on any atom is -1.00 e. The summed E-state index contributed by atoms with van der Waals surface area (Å²) in [5.74, 6) is 0.871. The lowest BCUT2D eigenvalue weighted by molar-refractivity contribution is -0.137. The van der Waals surface area contributed by atoms with Crippen LogP contribution in [0.5, 0.6) is 0 Å². The van der Waals surface area contributed by atoms with Crippen LogP contribution in [0.3, 0.4) is 0 Å². The minimum atomic E-state index is -4.41. The van der Waals surface area contributed by atoms with E-state index < -0.39 is 11.7 Å². The van der Waals surface area contributed by atoms with Gasteiger partial charge in [0.25, 0.3) is 0 Å². The SMILES string of the molecule is FC(F)(F)c1ccc([C+](c2cn(-c3ccccc3)c3ccccc23)c2cn(-c3ccccc3)c3ccccc23)cc1.[Cl-]. The van der Waals surface area contributed by atoms with Crippen molar-refractivity contribution >= 4 is 21.8 Å². The molecule has 0 spiro atoms. The molecule has 0 unspecified atom stereocenters. The summed E-state index contributed by atoms with van der Waals surface area (Å²) in [6.45, 7) is 0. The third-order valence-corrected chi connectivity index (χ3v) is 7.53. The van der Waals surface area contributed by atoms with Gasteiger partial charge in [0.15, 0.2) is 0 Å². The number of aromatic nitrogens is 2. The molecule has 7 rings (SSSR count). The fourth-order valence-corrected chi connectivity index (χ4v) is 5.64. The summed E-state index contributed by atoms with van der Waals surface area (Å²) < 4.78 is 44.9. The molecule has 0 fully saturated rings. The Morgan fingerprint density at radius 3 is 1.31 bits per heavy atom. The molecule has 206 valence electrons. The minimum absolute atomic E-state index is 0. The zero-order chi connectivity index (χ0) is 28.0. The highest BCUT2D eigenvalue weighted by Gasteiger charge is 2.34. The molecule has 0 aliphatic rings. The van der Waals surface area contributed by atoms with Crippen molar-refractivity contribution in [2.45, 2.75) is 6.18 Å². The first-order valence-electron chi connectivity index (χ1n) is 13.4. The van der Waals surface area contributed by atoms with Gasteiger partial charge in [-0.25, -0.2) is 0 Å². The first-order chi connectivity index (χ1) is 20.0. The third kappa shape index (κ3) is 4.72. The monoisotopic (exact) mass is 576 g/mol. The maximum atomic E-state index is 13.6. The Morgan fingerprint density at radius 1 is 0.476 bits per heavy atom. The quantitative estimate of drug-likeness (QED) is 0.204. The number of hydrogen-bond donors (Lipinski definition) is 0. The van der Waals surface area contributed by atoms with Gasteiger partial charge in [0.2, 0.25) is 0 Å². The molecule has 2 nitrogen and oxygen atoms in total. The van der Waals surface area contributed by atoms with Gasteiger partial charge in [0, 0.05) is 0 Å². The molecule has 0 radical (unpaired) electrons. The van der Waals surface area contributed by atoms with E-state index in [1.54, 1.807) is 12.1 Å². The van der Waals surface area contributed by atoms with Gasteiger partial charge >= 0.3 is 6.18 Å². The first-order valence-corrected chi connectivity index (χ1v) is 13.4. The second-order valence-corrected chi connectivity index (χ2v) is 9.98. The van der Waals surface area contributed by atoms with Crippen LogP contribution in [0.1, 0.15) is 22.3 Å². The fourth-order valence-electron chi connectivity index (χ4n) is 5.64. The number of hydrogen-bond acceptors (Lipinski definition) is 0. The maximum absolute atomic E-state index is 13.6. The Morgan fingerprint density at radius 2 is 0.881 bits per heavy atom. The molecule has 0 saturated heterocycles. The van der Waals surface area contributed by atoms with E-state index in [9.17, 15) is 13.2 Å². The van der Waals surface area contributed by atoms with Crippen LogP contribution in [0.2, 0.25) is 0 Å². The predicted molar refractivity (Wildman–Crippen MR) is 159 cm³/mol. The average Bonchev–Trinajstić information content (AvgIpc) is 3.58. The van der Waals surface area contributed by atoms with Crippen molar-refractivity contribution in [3.8, 4) is 11.4 Å². The molecule has 0 saturated carbocycles. The van der Waals surface area contributed by atoms with Crippen LogP contribution >= 0.6 is 0 Å². The molecule has 6 heteroatoms. The highest BCUT2D eigenvalue weighted by Crippen LogP contribution is 2.42. The van der Waals surface area contributed by atoms with Crippen LogP contribution in [0.25, 0.3) is 33.2 Å². The van der Waals surface area contributed by atoms with Crippen LogP contribution in [-0.4, -0.2) is 9.13 Å². The van der Waals surface area contributed by atoms with Crippen molar-refractivity contribution < 1.29 is 25.6 Å². The lowest BCUT2D eigenvalue weighted by Gasteiger charge is -2.13. The summed E-state index contributed by atoms with van der Waals surface area (Å²) >= 11 is 0. The van der Waals surface area contributed by atoms with Gasteiger partial charge in [-0.3, -0.25) is 9.13 Å². The van der Waals surface area contributed by atoms with Crippen LogP contribution in [-0.2, 0) is 6.18 Å². The number of alkyl halides is 3. The molecule has 42 heavy (non-hydrogen) atoms. The van der Waals surface area contributed by atoms with Crippen molar-refractivity contribution in [3.63, 3.8) is 0 Å². The summed E-state index contributed by atoms with van der Waals surface area (Å²) in [4.78, 5) is 0. The molecule has 0 N–H and O–H groups in total. The lowest BCUT2D eigenvalue weighted by atomic mass is 9.84. The second kappa shape index (κ2) is 10.8. The molecule has 7 aromatic rings. The van der Waals surface area contributed by atoms with E-state index >= 15 is 0 Å². The number of fused-ring (bicyclic) bond motifs is 2. The van der Waals surface area contributed by atoms with Gasteiger partial charge in [0.1, 0.15) is 0 Å². The molecule has 5 aromatic carbocycles. The zero-order valence-electron chi connectivity index (χ0n) is 22.3. The molecule has 0 aliphatic heterocycles. The van der Waals surface area contributed by atoms with Gasteiger partial charge in [-0.15, -0.1) is 0 Å². The van der Waals surface area contributed by atoms with E-state index in [-0.39, 0.29) is 12.4 Å². The first kappa shape index (κ1) is 27.3. The highest BCUT2D eigenvalue weighted by molar-refractivity contribution is 5.95. The normalized spacial score (nSPS) is 11.5. The van der Waals surface area contributed by atoms with Crippen molar-refractivity contribution in [2.24, 2.45) is 0 Å². The van der Waals surface area contributed by atoms with E-state index in [0.717, 1.165) is 50.2 Å². The Hall–Kier alpha value is -4.87. The summed E-state index contributed by atoms with van der Waals surface area (Å²) in [6.07, 6.45) is -0.214. The molecular weight excluding hydrogens is 553 g/mol. The van der Waals surface area contributed by atoms with Gasteiger partial charge < -0.3 is 12.4 Å². The maximum Gasteiger partial charge on any atom is 0.417 e. The molecule has 0 amide bonds. The van der Waals surface area contributed by atoms with E-state index in [1.165, 1.54) is 12.1 Å². The predicted octanol–water partition coefficient (Wildman–Crippen LogP) is 6.62. The van der Waals surface area contributed by atoms with Crippen LogP contribution in [0.15, 0.2) is 146 Å². The second-order valence-electron chi connectivity index (χ2n) is 9.98. The molecule has 0 atom stereocenters. The zero-order valence-corrected chi connectivity index (χ0v) is 23.0. The van der Waals surface area contributed by atoms with Crippen LogP contribution in [0.4, 0.5) is 13.2 Å². The van der Waals surface area contributed by atoms with Crippen molar-refractivity contribution in [3.05, 3.63) is 174 Å². The topological polar surface area (TPSA) is 9.86 Å². The molecule has 2 aromatic heterocycles. The summed E-state index contributed by atoms with van der Waals surface area (Å²) in [7, 11) is 0. The van der Waals surface area contributed by atoms with Crippen molar-refractivity contribution in [2.75, 3.05) is 0 Å². The van der Waals surface area contributed by atoms with Crippen LogP contribution in [0, 0.1) is 5.92 Å². The van der Waals surface area contributed by atoms with Crippen molar-refractivity contribution in [1.29, 1.82) is 0 Å². The van der Waals surface area contributed by atoms with Crippen LogP contribution < -0.4 is 12.4 Å². The number of rotatable bonds is 5. The summed E-state index contributed by atoms with van der Waals surface area (Å²) in [6, 6.07) is 42.0. The van der Waals surface area contributed by atoms with Gasteiger partial charge in [0.05, 0.1) is 73.7 Å². The van der Waals surface area contributed by atoms with E-state index in [0.29, 0.717) is 5.56 Å². The summed E-state index contributed by atoms with van der Waals surface area (Å²) in [5, 5.41) is 2.03. The average molecular weight is 577 g/mol. The molecule has 0 bridgehead atoms. The highest BCUT2D eigenvalue weighted by atomic mass is 35.5. The molecular formula is C36H24ClF3N2. The molecule has 2 heterocycles. The van der Waals surface area contributed by atoms with Crippen molar-refractivity contribution in [1.82, 2.24) is 9.13 Å². The van der Waals surface area contributed by atoms with Gasteiger partial charge in [-0.2, -0.15) is 13.2 Å².